The molecule has 0 saturated carbocycles. The zero-order valence-corrected chi connectivity index (χ0v) is 10.2. The van der Waals surface area contributed by atoms with Crippen molar-refractivity contribution in [1.82, 2.24) is 0 Å². The summed E-state index contributed by atoms with van der Waals surface area (Å²) in [6.45, 7) is 5.48. The van der Waals surface area contributed by atoms with Gasteiger partial charge in [0.15, 0.2) is 11.5 Å². The van der Waals surface area contributed by atoms with Crippen molar-refractivity contribution in [2.45, 2.75) is 33.3 Å². The van der Waals surface area contributed by atoms with Crippen LogP contribution >= 0.6 is 0 Å². The van der Waals surface area contributed by atoms with Gasteiger partial charge in [-0.15, -0.1) is 0 Å². The highest BCUT2D eigenvalue weighted by Crippen LogP contribution is 2.32. The summed E-state index contributed by atoms with van der Waals surface area (Å²) in [6.07, 6.45) is 0.458. The molecule has 0 fully saturated rings. The van der Waals surface area contributed by atoms with E-state index < -0.39 is 0 Å². The van der Waals surface area contributed by atoms with Crippen molar-refractivity contribution in [3.8, 4) is 11.5 Å². The first-order chi connectivity index (χ1) is 7.54. The molecule has 0 atom stereocenters. The van der Waals surface area contributed by atoms with Gasteiger partial charge in [-0.3, -0.25) is 4.79 Å². The van der Waals surface area contributed by atoms with Crippen molar-refractivity contribution in [3.63, 3.8) is 0 Å². The average Bonchev–Trinajstić information content (AvgIpc) is 2.16. The van der Waals surface area contributed by atoms with Crippen molar-refractivity contribution in [1.29, 1.82) is 0 Å². The van der Waals surface area contributed by atoms with E-state index in [1.165, 1.54) is 0 Å². The van der Waals surface area contributed by atoms with Crippen molar-refractivity contribution in [2.24, 2.45) is 0 Å². The summed E-state index contributed by atoms with van der Waals surface area (Å²) < 4.78 is 10.9. The zero-order valence-electron chi connectivity index (χ0n) is 10.2. The Morgan fingerprint density at radius 2 is 2.06 bits per heavy atom. The van der Waals surface area contributed by atoms with E-state index in [0.29, 0.717) is 17.9 Å². The van der Waals surface area contributed by atoms with E-state index in [1.807, 2.05) is 32.0 Å². The summed E-state index contributed by atoms with van der Waals surface area (Å²) in [5.41, 5.74) is 0.869. The Labute approximate surface area is 96.4 Å². The molecule has 3 heteroatoms. The Bertz CT molecular complexity index is 369. The maximum Gasteiger partial charge on any atom is 0.164 e. The quantitative estimate of drug-likeness (QED) is 0.768. The van der Waals surface area contributed by atoms with Crippen LogP contribution in [0.3, 0.4) is 0 Å². The molecule has 0 N–H and O–H groups in total. The fourth-order valence-corrected chi connectivity index (χ4v) is 1.55. The monoisotopic (exact) mass is 222 g/mol. The molecule has 3 nitrogen and oxygen atoms in total. The second-order valence-corrected chi connectivity index (χ2v) is 3.99. The molecule has 0 spiro atoms. The molecule has 16 heavy (non-hydrogen) atoms. The van der Waals surface area contributed by atoms with E-state index in [9.17, 15) is 4.79 Å². The lowest BCUT2D eigenvalue weighted by molar-refractivity contribution is -0.116. The molecule has 0 aliphatic rings. The highest BCUT2D eigenvalue weighted by atomic mass is 16.5. The van der Waals surface area contributed by atoms with Crippen LogP contribution in [0.25, 0.3) is 0 Å². The molecule has 1 aromatic rings. The van der Waals surface area contributed by atoms with E-state index in [0.717, 1.165) is 5.56 Å². The van der Waals surface area contributed by atoms with Gasteiger partial charge in [-0.1, -0.05) is 12.1 Å². The lowest BCUT2D eigenvalue weighted by Crippen LogP contribution is -2.08. The zero-order chi connectivity index (χ0) is 12.1. The minimum Gasteiger partial charge on any atom is -0.493 e. The maximum absolute atomic E-state index is 11.1. The van der Waals surface area contributed by atoms with E-state index in [-0.39, 0.29) is 11.9 Å². The van der Waals surface area contributed by atoms with Crippen molar-refractivity contribution in [3.05, 3.63) is 23.8 Å². The number of methoxy groups -OCH3 is 1. The number of ketones is 1. The van der Waals surface area contributed by atoms with Gasteiger partial charge >= 0.3 is 0 Å². The average molecular weight is 222 g/mol. The van der Waals surface area contributed by atoms with E-state index in [1.54, 1.807) is 14.0 Å². The van der Waals surface area contributed by atoms with Gasteiger partial charge in [0.25, 0.3) is 0 Å². The summed E-state index contributed by atoms with van der Waals surface area (Å²) >= 11 is 0. The largest absolute Gasteiger partial charge is 0.493 e. The second kappa shape index (κ2) is 5.54. The number of hydrogen-bond donors (Lipinski definition) is 0. The molecule has 0 radical (unpaired) electrons. The van der Waals surface area contributed by atoms with Crippen molar-refractivity contribution < 1.29 is 14.3 Å². The normalized spacial score (nSPS) is 10.3. The highest BCUT2D eigenvalue weighted by molar-refractivity contribution is 5.79. The van der Waals surface area contributed by atoms with Gasteiger partial charge in [0.2, 0.25) is 0 Å². The summed E-state index contributed by atoms with van der Waals surface area (Å²) in [5, 5.41) is 0. The molecular formula is C13H18O3. The number of carbonyl (C=O) groups is 1. The van der Waals surface area contributed by atoms with Crippen LogP contribution in [-0.4, -0.2) is 19.0 Å². The molecule has 88 valence electrons. The predicted molar refractivity (Wildman–Crippen MR) is 63.1 cm³/mol. The first kappa shape index (κ1) is 12.6. The minimum absolute atomic E-state index is 0.0847. The smallest absolute Gasteiger partial charge is 0.164 e. The molecule has 0 saturated heterocycles. The van der Waals surface area contributed by atoms with E-state index in [4.69, 9.17) is 9.47 Å². The fourth-order valence-electron chi connectivity index (χ4n) is 1.55. The van der Waals surface area contributed by atoms with Crippen LogP contribution in [0.15, 0.2) is 18.2 Å². The van der Waals surface area contributed by atoms with Crippen LogP contribution in [0.2, 0.25) is 0 Å². The molecule has 0 heterocycles. The standard InChI is InChI=1S/C13H18O3/c1-9(2)16-12-7-5-6-11(8-10(3)14)13(12)15-4/h5-7,9H,8H2,1-4H3. The Balaban J connectivity index is 3.04. The van der Waals surface area contributed by atoms with Crippen LogP contribution in [0.5, 0.6) is 11.5 Å². The number of carbonyl (C=O) groups excluding carboxylic acids is 1. The molecule has 1 aromatic carbocycles. The van der Waals surface area contributed by atoms with Gasteiger partial charge in [0.1, 0.15) is 5.78 Å². The molecular weight excluding hydrogens is 204 g/mol. The van der Waals surface area contributed by atoms with Gasteiger partial charge in [-0.05, 0) is 26.8 Å². The summed E-state index contributed by atoms with van der Waals surface area (Å²) in [6, 6.07) is 5.61. The molecule has 0 aliphatic heterocycles. The number of para-hydroxylation sites is 1. The highest BCUT2D eigenvalue weighted by Gasteiger charge is 2.12. The predicted octanol–water partition coefficient (Wildman–Crippen LogP) is 2.61. The summed E-state index contributed by atoms with van der Waals surface area (Å²) in [4.78, 5) is 11.1. The SMILES string of the molecule is COc1c(CC(C)=O)cccc1OC(C)C. The van der Waals surface area contributed by atoms with Crippen molar-refractivity contribution in [2.75, 3.05) is 7.11 Å². The van der Waals surface area contributed by atoms with Crippen LogP contribution in [0.4, 0.5) is 0 Å². The third-order valence-corrected chi connectivity index (χ3v) is 2.07. The third-order valence-electron chi connectivity index (χ3n) is 2.07. The maximum atomic E-state index is 11.1. The van der Waals surface area contributed by atoms with Gasteiger partial charge in [-0.2, -0.15) is 0 Å². The van der Waals surface area contributed by atoms with Gasteiger partial charge in [0, 0.05) is 12.0 Å². The fraction of sp³-hybridized carbons (Fsp3) is 0.462. The summed E-state index contributed by atoms with van der Waals surface area (Å²) in [7, 11) is 1.59. The summed E-state index contributed by atoms with van der Waals surface area (Å²) in [5.74, 6) is 1.46. The molecule has 0 bridgehead atoms. The first-order valence-electron chi connectivity index (χ1n) is 5.36. The third kappa shape index (κ3) is 3.26. The number of rotatable bonds is 5. The van der Waals surface area contributed by atoms with Crippen molar-refractivity contribution >= 4 is 5.78 Å². The Kier molecular flexibility index (Phi) is 4.35. The molecule has 0 aromatic heterocycles. The van der Waals surface area contributed by atoms with Crippen LogP contribution in [0.1, 0.15) is 26.3 Å². The number of ether oxygens (including phenoxy) is 2. The number of Topliss-reactive ketones (excluding diaryl/α,β-unsaturated/α-hetero) is 1. The Morgan fingerprint density at radius 3 is 2.56 bits per heavy atom. The van der Waals surface area contributed by atoms with E-state index in [2.05, 4.69) is 0 Å². The number of benzene rings is 1. The van der Waals surface area contributed by atoms with Crippen LogP contribution in [0, 0.1) is 0 Å². The Morgan fingerprint density at radius 1 is 1.38 bits per heavy atom. The lowest BCUT2D eigenvalue weighted by atomic mass is 10.1. The number of hydrogen-bond acceptors (Lipinski definition) is 3. The molecule has 1 rings (SSSR count). The van der Waals surface area contributed by atoms with Gasteiger partial charge in [-0.25, -0.2) is 0 Å². The van der Waals surface area contributed by atoms with Crippen LogP contribution < -0.4 is 9.47 Å². The minimum atomic E-state index is 0.0847. The molecule has 0 unspecified atom stereocenters. The molecule has 0 amide bonds. The topological polar surface area (TPSA) is 35.5 Å². The molecule has 0 aliphatic carbocycles. The second-order valence-electron chi connectivity index (χ2n) is 3.99. The lowest BCUT2D eigenvalue weighted by Gasteiger charge is -2.15. The van der Waals surface area contributed by atoms with Crippen LogP contribution in [-0.2, 0) is 11.2 Å². The van der Waals surface area contributed by atoms with Gasteiger partial charge in [0.05, 0.1) is 13.2 Å². The van der Waals surface area contributed by atoms with Gasteiger partial charge < -0.3 is 9.47 Å². The Hall–Kier alpha value is -1.51. The first-order valence-corrected chi connectivity index (χ1v) is 5.36. The van der Waals surface area contributed by atoms with E-state index >= 15 is 0 Å².